The highest BCUT2D eigenvalue weighted by Gasteiger charge is 2.32. The molecule has 21 heavy (non-hydrogen) atoms. The van der Waals surface area contributed by atoms with Gasteiger partial charge < -0.3 is 9.84 Å². The fourth-order valence-electron chi connectivity index (χ4n) is 2.60. The summed E-state index contributed by atoms with van der Waals surface area (Å²) in [6.07, 6.45) is 3.65. The van der Waals surface area contributed by atoms with Gasteiger partial charge in [-0.15, -0.1) is 0 Å². The van der Waals surface area contributed by atoms with Crippen molar-refractivity contribution in [1.29, 1.82) is 0 Å². The molecular formula is C15H19NO5. The summed E-state index contributed by atoms with van der Waals surface area (Å²) in [4.78, 5) is 34.6. The van der Waals surface area contributed by atoms with Crippen LogP contribution in [0.1, 0.15) is 33.1 Å². The second kappa shape index (κ2) is 5.81. The van der Waals surface area contributed by atoms with E-state index in [4.69, 9.17) is 4.74 Å². The molecule has 2 aliphatic rings. The Balaban J connectivity index is 1.99. The number of piperidine rings is 1. The Bertz CT molecular complexity index is 532. The van der Waals surface area contributed by atoms with Crippen LogP contribution in [0.2, 0.25) is 0 Å². The van der Waals surface area contributed by atoms with Crippen molar-refractivity contribution < 1.29 is 24.2 Å². The number of carbonyl (C=O) groups excluding carboxylic acids is 3. The fourth-order valence-corrected chi connectivity index (χ4v) is 2.60. The van der Waals surface area contributed by atoms with E-state index in [2.05, 4.69) is 5.32 Å². The number of allylic oxidation sites excluding steroid dienone is 2. The van der Waals surface area contributed by atoms with E-state index in [0.29, 0.717) is 5.76 Å². The highest BCUT2D eigenvalue weighted by Crippen LogP contribution is 2.31. The van der Waals surface area contributed by atoms with Gasteiger partial charge in [0.2, 0.25) is 11.8 Å². The van der Waals surface area contributed by atoms with Crippen molar-refractivity contribution in [3.05, 3.63) is 23.5 Å². The van der Waals surface area contributed by atoms with Crippen molar-refractivity contribution in [2.75, 3.05) is 6.61 Å². The average Bonchev–Trinajstić information content (AvgIpc) is 2.63. The van der Waals surface area contributed by atoms with Gasteiger partial charge in [-0.25, -0.2) is 0 Å². The summed E-state index contributed by atoms with van der Waals surface area (Å²) in [7, 11) is 0. The lowest BCUT2D eigenvalue weighted by Crippen LogP contribution is -2.39. The van der Waals surface area contributed by atoms with Crippen molar-refractivity contribution in [1.82, 2.24) is 5.32 Å². The summed E-state index contributed by atoms with van der Waals surface area (Å²) < 4.78 is 5.56. The van der Waals surface area contributed by atoms with Crippen LogP contribution in [0.4, 0.5) is 0 Å². The molecule has 6 nitrogen and oxygen atoms in total. The first-order valence-corrected chi connectivity index (χ1v) is 6.88. The molecule has 0 aliphatic carbocycles. The van der Waals surface area contributed by atoms with Crippen molar-refractivity contribution in [2.45, 2.75) is 38.7 Å². The van der Waals surface area contributed by atoms with Crippen LogP contribution in [0.25, 0.3) is 0 Å². The number of hydrogen-bond donors (Lipinski definition) is 2. The van der Waals surface area contributed by atoms with Gasteiger partial charge in [-0.1, -0.05) is 0 Å². The molecule has 0 aromatic carbocycles. The highest BCUT2D eigenvalue weighted by atomic mass is 16.5. The van der Waals surface area contributed by atoms with Gasteiger partial charge in [-0.3, -0.25) is 19.7 Å². The Morgan fingerprint density at radius 1 is 1.48 bits per heavy atom. The lowest BCUT2D eigenvalue weighted by Gasteiger charge is -2.20. The second-order valence-electron chi connectivity index (χ2n) is 5.82. The maximum absolute atomic E-state index is 12.0. The van der Waals surface area contributed by atoms with Crippen LogP contribution in [-0.2, 0) is 19.1 Å². The predicted octanol–water partition coefficient (Wildman–Crippen LogP) is 0.610. The molecule has 2 heterocycles. The van der Waals surface area contributed by atoms with Gasteiger partial charge in [-0.2, -0.15) is 0 Å². The molecule has 1 atom stereocenters. The molecule has 0 aromatic heterocycles. The highest BCUT2D eigenvalue weighted by molar-refractivity contribution is 5.99. The number of amides is 2. The number of ketones is 1. The normalized spacial score (nSPS) is 28.3. The van der Waals surface area contributed by atoms with Gasteiger partial charge in [0.25, 0.3) is 0 Å². The largest absolute Gasteiger partial charge is 0.481 e. The Hall–Kier alpha value is -1.95. The van der Waals surface area contributed by atoms with E-state index in [1.54, 1.807) is 19.9 Å². The molecule has 2 aliphatic heterocycles. The fraction of sp³-hybridized carbons (Fsp3) is 0.533. The quantitative estimate of drug-likeness (QED) is 0.585. The molecule has 0 spiro atoms. The molecule has 2 N–H and O–H groups in total. The molecule has 1 fully saturated rings. The zero-order chi connectivity index (χ0) is 15.6. The van der Waals surface area contributed by atoms with Crippen LogP contribution in [0.5, 0.6) is 0 Å². The summed E-state index contributed by atoms with van der Waals surface area (Å²) in [5.41, 5.74) is -0.00553. The molecule has 114 valence electrons. The first-order valence-electron chi connectivity index (χ1n) is 6.88. The van der Waals surface area contributed by atoms with Crippen molar-refractivity contribution in [3.8, 4) is 0 Å². The Morgan fingerprint density at radius 3 is 2.62 bits per heavy atom. The van der Waals surface area contributed by atoms with E-state index in [9.17, 15) is 19.5 Å². The summed E-state index contributed by atoms with van der Waals surface area (Å²) in [6, 6.07) is 0. The third-order valence-corrected chi connectivity index (χ3v) is 3.58. The number of imide groups is 1. The number of ether oxygens (including phenoxy) is 1. The maximum Gasteiger partial charge on any atom is 0.226 e. The van der Waals surface area contributed by atoms with E-state index in [0.717, 1.165) is 5.57 Å². The summed E-state index contributed by atoms with van der Waals surface area (Å²) in [5.74, 6) is -0.684. The van der Waals surface area contributed by atoms with Crippen LogP contribution in [0.3, 0.4) is 0 Å². The number of aliphatic hydroxyl groups is 1. The molecule has 6 heteroatoms. The van der Waals surface area contributed by atoms with Crippen LogP contribution in [-0.4, -0.2) is 34.9 Å². The molecule has 2 amide bonds. The van der Waals surface area contributed by atoms with Crippen LogP contribution < -0.4 is 5.32 Å². The smallest absolute Gasteiger partial charge is 0.226 e. The minimum absolute atomic E-state index is 0.134. The molecule has 0 unspecified atom stereocenters. The molecule has 0 saturated carbocycles. The maximum atomic E-state index is 12.0. The molecule has 2 rings (SSSR count). The van der Waals surface area contributed by atoms with Crippen molar-refractivity contribution >= 4 is 17.6 Å². The van der Waals surface area contributed by atoms with Gasteiger partial charge in [0, 0.05) is 25.3 Å². The van der Waals surface area contributed by atoms with Crippen molar-refractivity contribution in [2.24, 2.45) is 5.92 Å². The van der Waals surface area contributed by atoms with Gasteiger partial charge in [-0.05, 0) is 31.4 Å². The zero-order valence-electron chi connectivity index (χ0n) is 12.1. The Labute approximate surface area is 122 Å². The van der Waals surface area contributed by atoms with E-state index in [1.165, 1.54) is 6.08 Å². The van der Waals surface area contributed by atoms with Crippen LogP contribution in [0, 0.1) is 5.92 Å². The molecule has 0 radical (unpaired) electrons. The monoisotopic (exact) mass is 293 g/mol. The van der Waals surface area contributed by atoms with E-state index in [1.807, 2.05) is 0 Å². The first-order chi connectivity index (χ1) is 9.81. The third kappa shape index (κ3) is 3.78. The van der Waals surface area contributed by atoms with Gasteiger partial charge >= 0.3 is 0 Å². The van der Waals surface area contributed by atoms with Gasteiger partial charge in [0.1, 0.15) is 11.4 Å². The molecule has 0 aromatic rings. The number of carbonyl (C=O) groups is 3. The minimum atomic E-state index is -0.795. The van der Waals surface area contributed by atoms with Gasteiger partial charge in [0.05, 0.1) is 6.61 Å². The zero-order valence-corrected chi connectivity index (χ0v) is 12.1. The standard InChI is InChI=1S/C15H19NO5/c1-9-7-15(2,8-17)21-12(9)6-11(18)3-10-4-13(19)16-14(20)5-10/h6-7,10,17H,3-5,8H2,1-2H3,(H,16,19,20)/b12-6-/t15-/m0/s1. The predicted molar refractivity (Wildman–Crippen MR) is 73.9 cm³/mol. The average molecular weight is 293 g/mol. The van der Waals surface area contributed by atoms with E-state index >= 15 is 0 Å². The Morgan fingerprint density at radius 2 is 2.10 bits per heavy atom. The SMILES string of the molecule is CC1=C[C@@](C)(CO)O/C1=C\C(=O)CC1CC(=O)NC(=O)C1. The van der Waals surface area contributed by atoms with Crippen molar-refractivity contribution in [3.63, 3.8) is 0 Å². The summed E-state index contributed by atoms with van der Waals surface area (Å²) in [6.45, 7) is 3.36. The molecule has 0 bridgehead atoms. The first kappa shape index (κ1) is 15.4. The van der Waals surface area contributed by atoms with E-state index < -0.39 is 5.60 Å². The number of hydrogen-bond acceptors (Lipinski definition) is 5. The molecular weight excluding hydrogens is 274 g/mol. The van der Waals surface area contributed by atoms with E-state index in [-0.39, 0.29) is 49.4 Å². The number of nitrogens with one attached hydrogen (secondary N) is 1. The summed E-state index contributed by atoms with van der Waals surface area (Å²) >= 11 is 0. The molecule has 1 saturated heterocycles. The topological polar surface area (TPSA) is 92.7 Å². The van der Waals surface area contributed by atoms with Crippen LogP contribution in [0.15, 0.2) is 23.5 Å². The minimum Gasteiger partial charge on any atom is -0.481 e. The third-order valence-electron chi connectivity index (χ3n) is 3.58. The summed E-state index contributed by atoms with van der Waals surface area (Å²) in [5, 5.41) is 11.5. The van der Waals surface area contributed by atoms with Crippen LogP contribution >= 0.6 is 0 Å². The van der Waals surface area contributed by atoms with Gasteiger partial charge in [0.15, 0.2) is 5.78 Å². The number of aliphatic hydroxyl groups excluding tert-OH is 1. The Kier molecular flexibility index (Phi) is 4.27. The lowest BCUT2D eigenvalue weighted by atomic mass is 9.91. The number of rotatable bonds is 4. The lowest BCUT2D eigenvalue weighted by molar-refractivity contribution is -0.135. The second-order valence-corrected chi connectivity index (χ2v) is 5.82.